The molecule has 2 heterocycles. The highest BCUT2D eigenvalue weighted by molar-refractivity contribution is 7.17. The second kappa shape index (κ2) is 7.04. The summed E-state index contributed by atoms with van der Waals surface area (Å²) in [5.41, 5.74) is 0.715. The molecule has 1 unspecified atom stereocenters. The molecule has 0 amide bonds. The van der Waals surface area contributed by atoms with Crippen LogP contribution in [0.5, 0.6) is 0 Å². The van der Waals surface area contributed by atoms with Crippen LogP contribution in [0, 0.1) is 5.92 Å². The molecule has 112 valence electrons. The molecule has 2 rings (SSSR count). The van der Waals surface area contributed by atoms with Gasteiger partial charge in [-0.25, -0.2) is 9.78 Å². The standard InChI is InChI=1S/C14H22N2O3S/c1-3-5-11-12(13(17)18)20-14(15-11)16(2)8-10-6-4-7-19-9-10/h10H,3-9H2,1-2H3,(H,17,18). The first-order chi connectivity index (χ1) is 9.61. The van der Waals surface area contributed by atoms with E-state index < -0.39 is 5.97 Å². The minimum Gasteiger partial charge on any atom is -0.477 e. The number of thiazole rings is 1. The summed E-state index contributed by atoms with van der Waals surface area (Å²) in [4.78, 5) is 18.2. The predicted octanol–water partition coefficient (Wildman–Crippen LogP) is 2.66. The second-order valence-electron chi connectivity index (χ2n) is 5.29. The summed E-state index contributed by atoms with van der Waals surface area (Å²) in [7, 11) is 1.98. The van der Waals surface area contributed by atoms with Crippen LogP contribution in [-0.4, -0.2) is 42.9 Å². The Bertz CT molecular complexity index is 455. The number of nitrogens with zero attached hydrogens (tertiary/aromatic N) is 2. The zero-order chi connectivity index (χ0) is 14.5. The molecule has 0 aliphatic carbocycles. The fraction of sp³-hybridized carbons (Fsp3) is 0.714. The minimum absolute atomic E-state index is 0.383. The Morgan fingerprint density at radius 2 is 2.40 bits per heavy atom. The molecule has 20 heavy (non-hydrogen) atoms. The average Bonchev–Trinajstić information content (AvgIpc) is 2.85. The molecular formula is C14H22N2O3S. The van der Waals surface area contributed by atoms with Gasteiger partial charge in [-0.15, -0.1) is 0 Å². The van der Waals surface area contributed by atoms with Crippen molar-refractivity contribution in [2.45, 2.75) is 32.6 Å². The molecule has 1 aromatic rings. The fourth-order valence-corrected chi connectivity index (χ4v) is 3.41. The highest BCUT2D eigenvalue weighted by Gasteiger charge is 2.21. The molecule has 1 aromatic heterocycles. The van der Waals surface area contributed by atoms with Gasteiger partial charge < -0.3 is 14.7 Å². The molecule has 1 aliphatic rings. The molecular weight excluding hydrogens is 276 g/mol. The first kappa shape index (κ1) is 15.3. The summed E-state index contributed by atoms with van der Waals surface area (Å²) >= 11 is 1.28. The van der Waals surface area contributed by atoms with Crippen LogP contribution in [0.25, 0.3) is 0 Å². The third kappa shape index (κ3) is 3.70. The van der Waals surface area contributed by atoms with Crippen molar-refractivity contribution in [2.75, 3.05) is 31.7 Å². The van der Waals surface area contributed by atoms with Gasteiger partial charge in [0.1, 0.15) is 4.88 Å². The van der Waals surface area contributed by atoms with Gasteiger partial charge in [0.25, 0.3) is 0 Å². The fourth-order valence-electron chi connectivity index (χ4n) is 2.49. The first-order valence-corrected chi connectivity index (χ1v) is 7.95. The zero-order valence-corrected chi connectivity index (χ0v) is 12.9. The lowest BCUT2D eigenvalue weighted by molar-refractivity contribution is 0.0576. The Labute approximate surface area is 123 Å². The molecule has 1 N–H and O–H groups in total. The molecule has 1 fully saturated rings. The number of aromatic carboxylic acids is 1. The monoisotopic (exact) mass is 298 g/mol. The Balaban J connectivity index is 2.06. The number of hydrogen-bond donors (Lipinski definition) is 1. The topological polar surface area (TPSA) is 62.7 Å². The van der Waals surface area contributed by atoms with Gasteiger partial charge in [-0.3, -0.25) is 0 Å². The van der Waals surface area contributed by atoms with E-state index in [-0.39, 0.29) is 0 Å². The summed E-state index contributed by atoms with van der Waals surface area (Å²) in [6.45, 7) is 4.57. The SMILES string of the molecule is CCCc1nc(N(C)CC2CCCOC2)sc1C(=O)O. The number of ether oxygens (including phenoxy) is 1. The summed E-state index contributed by atoms with van der Waals surface area (Å²) < 4.78 is 5.49. The van der Waals surface area contributed by atoms with E-state index in [4.69, 9.17) is 4.74 Å². The van der Waals surface area contributed by atoms with E-state index in [0.29, 0.717) is 16.5 Å². The van der Waals surface area contributed by atoms with Crippen molar-refractivity contribution in [3.8, 4) is 0 Å². The van der Waals surface area contributed by atoms with Gasteiger partial charge in [0.05, 0.1) is 12.3 Å². The van der Waals surface area contributed by atoms with Gasteiger partial charge >= 0.3 is 5.97 Å². The van der Waals surface area contributed by atoms with Crippen LogP contribution in [0.1, 0.15) is 41.6 Å². The number of hydrogen-bond acceptors (Lipinski definition) is 5. The Hall–Kier alpha value is -1.14. The lowest BCUT2D eigenvalue weighted by atomic mass is 10.0. The molecule has 0 radical (unpaired) electrons. The van der Waals surface area contributed by atoms with Gasteiger partial charge in [0.2, 0.25) is 0 Å². The first-order valence-electron chi connectivity index (χ1n) is 7.13. The van der Waals surface area contributed by atoms with Crippen molar-refractivity contribution in [2.24, 2.45) is 5.92 Å². The molecule has 1 saturated heterocycles. The smallest absolute Gasteiger partial charge is 0.347 e. The van der Waals surface area contributed by atoms with Crippen molar-refractivity contribution < 1.29 is 14.6 Å². The van der Waals surface area contributed by atoms with Crippen molar-refractivity contribution in [1.82, 2.24) is 4.98 Å². The molecule has 0 spiro atoms. The zero-order valence-electron chi connectivity index (χ0n) is 12.1. The van der Waals surface area contributed by atoms with Crippen molar-refractivity contribution in [3.63, 3.8) is 0 Å². The maximum absolute atomic E-state index is 11.3. The number of rotatable bonds is 6. The Kier molecular flexibility index (Phi) is 5.37. The third-order valence-electron chi connectivity index (χ3n) is 3.48. The molecule has 5 nitrogen and oxygen atoms in total. The average molecular weight is 298 g/mol. The van der Waals surface area contributed by atoms with E-state index >= 15 is 0 Å². The quantitative estimate of drug-likeness (QED) is 0.875. The van der Waals surface area contributed by atoms with E-state index in [9.17, 15) is 9.90 Å². The van der Waals surface area contributed by atoms with E-state index in [1.165, 1.54) is 17.8 Å². The van der Waals surface area contributed by atoms with E-state index in [0.717, 1.165) is 44.2 Å². The van der Waals surface area contributed by atoms with Gasteiger partial charge in [-0.1, -0.05) is 24.7 Å². The van der Waals surface area contributed by atoms with Gasteiger partial charge in [0.15, 0.2) is 5.13 Å². The number of carboxylic acids is 1. The number of aromatic nitrogens is 1. The van der Waals surface area contributed by atoms with Crippen molar-refractivity contribution in [3.05, 3.63) is 10.6 Å². The van der Waals surface area contributed by atoms with Gasteiger partial charge in [-0.2, -0.15) is 0 Å². The molecule has 0 bridgehead atoms. The normalized spacial score (nSPS) is 19.0. The van der Waals surface area contributed by atoms with E-state index in [1.807, 2.05) is 14.0 Å². The van der Waals surface area contributed by atoms with E-state index in [1.54, 1.807) is 0 Å². The largest absolute Gasteiger partial charge is 0.477 e. The number of carbonyl (C=O) groups is 1. The third-order valence-corrected chi connectivity index (χ3v) is 4.68. The summed E-state index contributed by atoms with van der Waals surface area (Å²) in [5, 5.41) is 10.0. The molecule has 0 saturated carbocycles. The lowest BCUT2D eigenvalue weighted by Gasteiger charge is -2.26. The molecule has 0 aromatic carbocycles. The lowest BCUT2D eigenvalue weighted by Crippen LogP contribution is -2.30. The Morgan fingerprint density at radius 1 is 1.60 bits per heavy atom. The maximum Gasteiger partial charge on any atom is 0.347 e. The van der Waals surface area contributed by atoms with Gasteiger partial charge in [-0.05, 0) is 25.2 Å². The molecule has 1 atom stereocenters. The summed E-state index contributed by atoms with van der Waals surface area (Å²) in [5.74, 6) is -0.354. The van der Waals surface area contributed by atoms with Crippen LogP contribution < -0.4 is 4.90 Å². The van der Waals surface area contributed by atoms with Crippen LogP contribution in [0.3, 0.4) is 0 Å². The van der Waals surface area contributed by atoms with Crippen LogP contribution in [0.4, 0.5) is 5.13 Å². The Morgan fingerprint density at radius 3 is 3.00 bits per heavy atom. The van der Waals surface area contributed by atoms with Crippen LogP contribution in [0.15, 0.2) is 0 Å². The van der Waals surface area contributed by atoms with Crippen molar-refractivity contribution >= 4 is 22.4 Å². The molecule has 6 heteroatoms. The van der Waals surface area contributed by atoms with Crippen molar-refractivity contribution in [1.29, 1.82) is 0 Å². The number of anilines is 1. The van der Waals surface area contributed by atoms with Crippen LogP contribution in [0.2, 0.25) is 0 Å². The number of carboxylic acid groups (broad SMARTS) is 1. The second-order valence-corrected chi connectivity index (χ2v) is 6.27. The van der Waals surface area contributed by atoms with Crippen LogP contribution in [-0.2, 0) is 11.2 Å². The minimum atomic E-state index is -0.869. The maximum atomic E-state index is 11.3. The number of aryl methyl sites for hydroxylation is 1. The summed E-state index contributed by atoms with van der Waals surface area (Å²) in [6, 6.07) is 0. The van der Waals surface area contributed by atoms with Crippen LogP contribution >= 0.6 is 11.3 Å². The van der Waals surface area contributed by atoms with Gasteiger partial charge in [0, 0.05) is 20.2 Å². The molecule has 1 aliphatic heterocycles. The summed E-state index contributed by atoms with van der Waals surface area (Å²) in [6.07, 6.45) is 3.91. The predicted molar refractivity (Wildman–Crippen MR) is 79.9 cm³/mol. The highest BCUT2D eigenvalue weighted by Crippen LogP contribution is 2.28. The van der Waals surface area contributed by atoms with E-state index in [2.05, 4.69) is 9.88 Å². The highest BCUT2D eigenvalue weighted by atomic mass is 32.1.